The molecule has 2 aliphatic rings. The van der Waals surface area contributed by atoms with Crippen molar-refractivity contribution in [1.29, 1.82) is 0 Å². The number of methoxy groups -OCH3 is 1. The Hall–Kier alpha value is -2.44. The Morgan fingerprint density at radius 3 is 2.45 bits per heavy atom. The van der Waals surface area contributed by atoms with E-state index in [1.54, 1.807) is 16.4 Å². The molecule has 176 valence electrons. The molecule has 1 heterocycles. The topological polar surface area (TPSA) is 63.7 Å². The van der Waals surface area contributed by atoms with Gasteiger partial charge in [0.2, 0.25) is 10.0 Å². The fourth-order valence-corrected chi connectivity index (χ4v) is 7.23. The van der Waals surface area contributed by atoms with E-state index in [2.05, 4.69) is 18.7 Å². The molecule has 2 fully saturated rings. The van der Waals surface area contributed by atoms with Gasteiger partial charge in [0.25, 0.3) is 0 Å². The Labute approximate surface area is 197 Å². The number of carbonyl (C=O) groups is 1. The summed E-state index contributed by atoms with van der Waals surface area (Å²) in [5.41, 5.74) is 2.87. The minimum absolute atomic E-state index is 0.0956. The molecule has 2 aromatic carbocycles. The number of nitrogens with zero attached hydrogens (tertiary/aromatic N) is 1. The Morgan fingerprint density at radius 2 is 1.82 bits per heavy atom. The molecule has 5 nitrogen and oxygen atoms in total. The predicted octanol–water partition coefficient (Wildman–Crippen LogP) is 4.93. The van der Waals surface area contributed by atoms with Crippen LogP contribution >= 0.6 is 0 Å². The van der Waals surface area contributed by atoms with Crippen LogP contribution in [-0.2, 0) is 26.0 Å². The van der Waals surface area contributed by atoms with Crippen molar-refractivity contribution in [2.24, 2.45) is 17.3 Å². The van der Waals surface area contributed by atoms with E-state index in [-0.39, 0.29) is 23.2 Å². The third kappa shape index (κ3) is 4.78. The van der Waals surface area contributed by atoms with Crippen LogP contribution in [0.5, 0.6) is 0 Å². The van der Waals surface area contributed by atoms with Gasteiger partial charge in [-0.3, -0.25) is 4.79 Å². The van der Waals surface area contributed by atoms with Crippen LogP contribution in [0.4, 0.5) is 0 Å². The molecule has 0 radical (unpaired) electrons. The summed E-state index contributed by atoms with van der Waals surface area (Å²) in [5.74, 6) is 0.0468. The third-order valence-electron chi connectivity index (χ3n) is 7.56. The van der Waals surface area contributed by atoms with Gasteiger partial charge in [0, 0.05) is 13.1 Å². The summed E-state index contributed by atoms with van der Waals surface area (Å²) in [4.78, 5) is 12.6. The van der Waals surface area contributed by atoms with Gasteiger partial charge in [0.05, 0.1) is 17.9 Å². The standard InChI is InChI=1S/C27H33NO4S/c1-20(2)22-9-11-25(12-10-22)33(30,31)28-16-14-24-17-23(26(29)32-3)13-15-27(24,19-28)18-21-7-5-4-6-8-21/h4-12,23-24H,1,13-19H2,2-3H3/t23-,24-,27-/m0/s1. The summed E-state index contributed by atoms with van der Waals surface area (Å²) in [6.45, 7) is 6.79. The maximum atomic E-state index is 13.6. The van der Waals surface area contributed by atoms with Crippen molar-refractivity contribution in [1.82, 2.24) is 4.31 Å². The van der Waals surface area contributed by atoms with Crippen LogP contribution in [0.15, 0.2) is 66.1 Å². The fraction of sp³-hybridized carbons (Fsp3) is 0.444. The third-order valence-corrected chi connectivity index (χ3v) is 9.42. The number of piperidine rings is 1. The quantitative estimate of drug-likeness (QED) is 0.565. The van der Waals surface area contributed by atoms with E-state index in [4.69, 9.17) is 4.74 Å². The van der Waals surface area contributed by atoms with Crippen LogP contribution in [-0.4, -0.2) is 38.9 Å². The second-order valence-electron chi connectivity index (χ2n) is 9.65. The first-order valence-corrected chi connectivity index (χ1v) is 13.1. The highest BCUT2D eigenvalue weighted by Gasteiger charge is 2.50. The van der Waals surface area contributed by atoms with Gasteiger partial charge in [0.1, 0.15) is 0 Å². The number of benzene rings is 2. The van der Waals surface area contributed by atoms with Gasteiger partial charge in [-0.1, -0.05) is 54.6 Å². The lowest BCUT2D eigenvalue weighted by atomic mass is 9.58. The Balaban J connectivity index is 1.63. The average Bonchev–Trinajstić information content (AvgIpc) is 2.83. The first-order chi connectivity index (χ1) is 15.7. The van der Waals surface area contributed by atoms with E-state index in [1.807, 2.05) is 37.3 Å². The molecule has 0 spiro atoms. The molecule has 2 aromatic rings. The molecule has 4 rings (SSSR count). The zero-order chi connectivity index (χ0) is 23.6. The molecule has 0 unspecified atom stereocenters. The number of carbonyl (C=O) groups excluding carboxylic acids is 1. The van der Waals surface area contributed by atoms with Gasteiger partial charge in [-0.25, -0.2) is 8.42 Å². The smallest absolute Gasteiger partial charge is 0.308 e. The molecular formula is C27H33NO4S. The van der Waals surface area contributed by atoms with Crippen LogP contribution < -0.4 is 0 Å². The molecule has 1 aliphatic heterocycles. The first-order valence-electron chi connectivity index (χ1n) is 11.6. The maximum Gasteiger partial charge on any atom is 0.308 e. The molecule has 6 heteroatoms. The number of rotatable bonds is 6. The van der Waals surface area contributed by atoms with E-state index < -0.39 is 10.0 Å². The molecule has 1 saturated carbocycles. The number of fused-ring (bicyclic) bond motifs is 1. The predicted molar refractivity (Wildman–Crippen MR) is 130 cm³/mol. The second-order valence-corrected chi connectivity index (χ2v) is 11.6. The molecular weight excluding hydrogens is 434 g/mol. The summed E-state index contributed by atoms with van der Waals surface area (Å²) < 4.78 is 33.9. The lowest BCUT2D eigenvalue weighted by Crippen LogP contribution is -2.54. The van der Waals surface area contributed by atoms with Crippen molar-refractivity contribution < 1.29 is 17.9 Å². The normalized spacial score (nSPS) is 25.8. The fourth-order valence-electron chi connectivity index (χ4n) is 5.68. The molecule has 0 amide bonds. The van der Waals surface area contributed by atoms with Crippen molar-refractivity contribution in [3.8, 4) is 0 Å². The SMILES string of the molecule is C=C(C)c1ccc(S(=O)(=O)N2CC[C@H]3C[C@@H](C(=O)OC)CC[C@]3(Cc3ccccc3)C2)cc1. The van der Waals surface area contributed by atoms with Crippen LogP contribution in [0, 0.1) is 17.3 Å². The van der Waals surface area contributed by atoms with Crippen molar-refractivity contribution >= 4 is 21.6 Å². The highest BCUT2D eigenvalue weighted by atomic mass is 32.2. The maximum absolute atomic E-state index is 13.6. The average molecular weight is 468 g/mol. The number of esters is 1. The van der Waals surface area contributed by atoms with Crippen LogP contribution in [0.1, 0.15) is 43.7 Å². The van der Waals surface area contributed by atoms with Gasteiger partial charge >= 0.3 is 5.97 Å². The lowest BCUT2D eigenvalue weighted by molar-refractivity contribution is -0.149. The Bertz CT molecular complexity index is 1110. The van der Waals surface area contributed by atoms with Crippen LogP contribution in [0.3, 0.4) is 0 Å². The zero-order valence-electron chi connectivity index (χ0n) is 19.5. The molecule has 1 aliphatic carbocycles. The van der Waals surface area contributed by atoms with Crippen molar-refractivity contribution in [2.75, 3.05) is 20.2 Å². The number of sulfonamides is 1. The summed E-state index contributed by atoms with van der Waals surface area (Å²) in [5, 5.41) is 0. The zero-order valence-corrected chi connectivity index (χ0v) is 20.3. The number of hydrogen-bond acceptors (Lipinski definition) is 4. The molecule has 0 N–H and O–H groups in total. The van der Waals surface area contributed by atoms with E-state index in [0.717, 1.165) is 43.2 Å². The van der Waals surface area contributed by atoms with Gasteiger partial charge in [-0.05, 0) is 73.6 Å². The molecule has 1 saturated heterocycles. The van der Waals surface area contributed by atoms with Gasteiger partial charge in [-0.15, -0.1) is 0 Å². The molecule has 0 aromatic heterocycles. The number of hydrogen-bond donors (Lipinski definition) is 0. The second kappa shape index (κ2) is 9.43. The van der Waals surface area contributed by atoms with E-state index in [0.29, 0.717) is 18.0 Å². The lowest BCUT2D eigenvalue weighted by Gasteiger charge is -2.52. The summed E-state index contributed by atoms with van der Waals surface area (Å²) in [6.07, 6.45) is 3.88. The number of ether oxygens (including phenoxy) is 1. The Morgan fingerprint density at radius 1 is 1.12 bits per heavy atom. The molecule has 3 atom stereocenters. The monoisotopic (exact) mass is 467 g/mol. The largest absolute Gasteiger partial charge is 0.469 e. The number of allylic oxidation sites excluding steroid dienone is 1. The van der Waals surface area contributed by atoms with Crippen LogP contribution in [0.2, 0.25) is 0 Å². The van der Waals surface area contributed by atoms with Gasteiger partial charge in [0.15, 0.2) is 0 Å². The summed E-state index contributed by atoms with van der Waals surface area (Å²) in [7, 11) is -2.16. The first kappa shape index (κ1) is 23.7. The van der Waals surface area contributed by atoms with Gasteiger partial charge in [-0.2, -0.15) is 4.31 Å². The van der Waals surface area contributed by atoms with Crippen molar-refractivity contribution in [3.05, 3.63) is 72.3 Å². The molecule has 33 heavy (non-hydrogen) atoms. The minimum atomic E-state index is -3.61. The van der Waals surface area contributed by atoms with E-state index in [1.165, 1.54) is 12.7 Å². The van der Waals surface area contributed by atoms with Crippen LogP contribution in [0.25, 0.3) is 5.57 Å². The highest BCUT2D eigenvalue weighted by Crippen LogP contribution is 2.51. The van der Waals surface area contributed by atoms with Crippen molar-refractivity contribution in [2.45, 2.75) is 43.9 Å². The van der Waals surface area contributed by atoms with E-state index in [9.17, 15) is 13.2 Å². The highest BCUT2D eigenvalue weighted by molar-refractivity contribution is 7.89. The minimum Gasteiger partial charge on any atom is -0.469 e. The Kier molecular flexibility index (Phi) is 6.78. The summed E-state index contributed by atoms with van der Waals surface area (Å²) >= 11 is 0. The summed E-state index contributed by atoms with van der Waals surface area (Å²) in [6, 6.07) is 17.3. The molecule has 0 bridgehead atoms. The van der Waals surface area contributed by atoms with E-state index >= 15 is 0 Å². The van der Waals surface area contributed by atoms with Crippen molar-refractivity contribution in [3.63, 3.8) is 0 Å². The van der Waals surface area contributed by atoms with Gasteiger partial charge < -0.3 is 4.74 Å².